The number of ether oxygens (including phenoxy) is 3. The van der Waals surface area contributed by atoms with Crippen LogP contribution in [0.1, 0.15) is 12.8 Å². The summed E-state index contributed by atoms with van der Waals surface area (Å²) in [7, 11) is 5.33. The molecule has 1 aromatic rings. The summed E-state index contributed by atoms with van der Waals surface area (Å²) in [4.78, 5) is 13.2. The molecule has 0 amide bonds. The van der Waals surface area contributed by atoms with Crippen molar-refractivity contribution in [1.82, 2.24) is 14.9 Å². The standard InChI is InChI=1S/C15H24N4O3/c1-18-8-9-22-15(11-18)4-6-19(7-5-15)12-10-13(20-2)17-14(16-12)21-3/h10H,4-9,11H2,1-3H3. The molecule has 3 rings (SSSR count). The Bertz CT molecular complexity index is 495. The second-order valence-electron chi connectivity index (χ2n) is 6.01. The van der Waals surface area contributed by atoms with E-state index in [1.165, 1.54) is 0 Å². The third-order valence-electron chi connectivity index (χ3n) is 4.50. The van der Waals surface area contributed by atoms with E-state index in [0.717, 1.165) is 51.4 Å². The van der Waals surface area contributed by atoms with Gasteiger partial charge in [0.25, 0.3) is 0 Å². The monoisotopic (exact) mass is 308 g/mol. The second-order valence-corrected chi connectivity index (χ2v) is 6.01. The lowest BCUT2D eigenvalue weighted by Crippen LogP contribution is -2.56. The highest BCUT2D eigenvalue weighted by Gasteiger charge is 2.39. The number of methoxy groups -OCH3 is 2. The number of morpholine rings is 1. The third kappa shape index (κ3) is 3.10. The van der Waals surface area contributed by atoms with Gasteiger partial charge in [0, 0.05) is 32.2 Å². The quantitative estimate of drug-likeness (QED) is 0.818. The summed E-state index contributed by atoms with van der Waals surface area (Å²) < 4.78 is 16.5. The molecule has 7 nitrogen and oxygen atoms in total. The van der Waals surface area contributed by atoms with Crippen molar-refractivity contribution >= 4 is 5.82 Å². The molecule has 2 aliphatic heterocycles. The fraction of sp³-hybridized carbons (Fsp3) is 0.733. The predicted octanol–water partition coefficient (Wildman–Crippen LogP) is 0.795. The Balaban J connectivity index is 1.71. The number of aromatic nitrogens is 2. The van der Waals surface area contributed by atoms with Crippen LogP contribution in [-0.2, 0) is 4.74 Å². The van der Waals surface area contributed by atoms with Gasteiger partial charge in [0.2, 0.25) is 5.88 Å². The van der Waals surface area contributed by atoms with E-state index in [2.05, 4.69) is 26.8 Å². The number of rotatable bonds is 3. The van der Waals surface area contributed by atoms with Crippen molar-refractivity contribution in [2.75, 3.05) is 59.0 Å². The highest BCUT2D eigenvalue weighted by Crippen LogP contribution is 2.32. The van der Waals surface area contributed by atoms with Crippen molar-refractivity contribution in [3.63, 3.8) is 0 Å². The van der Waals surface area contributed by atoms with E-state index in [9.17, 15) is 0 Å². The largest absolute Gasteiger partial charge is 0.481 e. The van der Waals surface area contributed by atoms with Crippen molar-refractivity contribution < 1.29 is 14.2 Å². The predicted molar refractivity (Wildman–Crippen MR) is 82.8 cm³/mol. The Kier molecular flexibility index (Phi) is 4.35. The van der Waals surface area contributed by atoms with E-state index < -0.39 is 0 Å². The van der Waals surface area contributed by atoms with Crippen LogP contribution in [0, 0.1) is 0 Å². The summed E-state index contributed by atoms with van der Waals surface area (Å²) >= 11 is 0. The minimum atomic E-state index is 0.00467. The highest BCUT2D eigenvalue weighted by atomic mass is 16.5. The number of nitrogens with zero attached hydrogens (tertiary/aromatic N) is 4. The summed E-state index contributed by atoms with van der Waals surface area (Å²) in [5.41, 5.74) is 0.00467. The topological polar surface area (TPSA) is 60.0 Å². The fourth-order valence-electron chi connectivity index (χ4n) is 3.23. The first-order valence-corrected chi connectivity index (χ1v) is 7.69. The Hall–Kier alpha value is -1.60. The minimum Gasteiger partial charge on any atom is -0.481 e. The van der Waals surface area contributed by atoms with Gasteiger partial charge in [-0.15, -0.1) is 0 Å². The molecule has 122 valence electrons. The maximum atomic E-state index is 6.10. The lowest BCUT2D eigenvalue weighted by atomic mass is 9.89. The first-order valence-electron chi connectivity index (χ1n) is 7.69. The summed E-state index contributed by atoms with van der Waals surface area (Å²) in [6.45, 7) is 4.68. The summed E-state index contributed by atoms with van der Waals surface area (Å²) in [6, 6.07) is 2.19. The van der Waals surface area contributed by atoms with Crippen LogP contribution in [-0.4, -0.2) is 74.5 Å². The summed E-state index contributed by atoms with van der Waals surface area (Å²) in [5, 5.41) is 0. The number of hydrogen-bond donors (Lipinski definition) is 0. The lowest BCUT2D eigenvalue weighted by molar-refractivity contribution is -0.115. The van der Waals surface area contributed by atoms with Crippen LogP contribution in [0.2, 0.25) is 0 Å². The fourth-order valence-corrected chi connectivity index (χ4v) is 3.23. The molecule has 2 saturated heterocycles. The van der Waals surface area contributed by atoms with E-state index in [4.69, 9.17) is 14.2 Å². The zero-order valence-corrected chi connectivity index (χ0v) is 13.5. The maximum Gasteiger partial charge on any atom is 0.321 e. The van der Waals surface area contributed by atoms with Gasteiger partial charge in [-0.3, -0.25) is 0 Å². The van der Waals surface area contributed by atoms with Crippen LogP contribution in [0.25, 0.3) is 0 Å². The zero-order chi connectivity index (χ0) is 15.6. The molecule has 2 fully saturated rings. The molecule has 0 aliphatic carbocycles. The SMILES string of the molecule is COc1cc(N2CCC3(CC2)CN(C)CCO3)nc(OC)n1. The number of anilines is 1. The molecule has 0 aromatic carbocycles. The second kappa shape index (κ2) is 6.26. The van der Waals surface area contributed by atoms with E-state index in [1.807, 2.05) is 6.07 Å². The smallest absolute Gasteiger partial charge is 0.321 e. The van der Waals surface area contributed by atoms with E-state index in [-0.39, 0.29) is 5.60 Å². The molecule has 22 heavy (non-hydrogen) atoms. The molecule has 3 heterocycles. The normalized spacial score (nSPS) is 21.9. The molecule has 0 bridgehead atoms. The zero-order valence-electron chi connectivity index (χ0n) is 13.5. The first kappa shape index (κ1) is 15.3. The van der Waals surface area contributed by atoms with Crippen LogP contribution < -0.4 is 14.4 Å². The molecule has 0 atom stereocenters. The van der Waals surface area contributed by atoms with Gasteiger partial charge in [0.15, 0.2) is 0 Å². The molecule has 0 N–H and O–H groups in total. The Morgan fingerprint density at radius 3 is 2.55 bits per heavy atom. The molecule has 0 radical (unpaired) electrons. The van der Waals surface area contributed by atoms with Gasteiger partial charge in [-0.05, 0) is 19.9 Å². The maximum absolute atomic E-state index is 6.10. The Labute approximate surface area is 131 Å². The molecular formula is C15H24N4O3. The lowest BCUT2D eigenvalue weighted by Gasteiger charge is -2.46. The molecule has 0 saturated carbocycles. The van der Waals surface area contributed by atoms with Crippen LogP contribution in [0.5, 0.6) is 11.9 Å². The van der Waals surface area contributed by atoms with Gasteiger partial charge in [-0.1, -0.05) is 0 Å². The molecule has 0 unspecified atom stereocenters. The Morgan fingerprint density at radius 2 is 1.91 bits per heavy atom. The highest BCUT2D eigenvalue weighted by molar-refractivity contribution is 5.43. The van der Waals surface area contributed by atoms with Gasteiger partial charge >= 0.3 is 6.01 Å². The van der Waals surface area contributed by atoms with Gasteiger partial charge in [-0.2, -0.15) is 9.97 Å². The van der Waals surface area contributed by atoms with Crippen molar-refractivity contribution in [2.24, 2.45) is 0 Å². The first-order chi connectivity index (χ1) is 10.6. The number of likely N-dealkylation sites (N-methyl/N-ethyl adjacent to an activating group) is 1. The number of piperidine rings is 1. The summed E-state index contributed by atoms with van der Waals surface area (Å²) in [6.07, 6.45) is 2.01. The molecular weight excluding hydrogens is 284 g/mol. The van der Waals surface area contributed by atoms with Crippen LogP contribution in [0.3, 0.4) is 0 Å². The molecule has 2 aliphatic rings. The average Bonchev–Trinajstić information content (AvgIpc) is 2.55. The van der Waals surface area contributed by atoms with Gasteiger partial charge in [0.05, 0.1) is 26.4 Å². The van der Waals surface area contributed by atoms with Crippen molar-refractivity contribution in [3.8, 4) is 11.9 Å². The molecule has 1 spiro atoms. The van der Waals surface area contributed by atoms with Crippen LogP contribution >= 0.6 is 0 Å². The van der Waals surface area contributed by atoms with Crippen molar-refractivity contribution in [3.05, 3.63) is 6.07 Å². The van der Waals surface area contributed by atoms with Gasteiger partial charge < -0.3 is 24.0 Å². The van der Waals surface area contributed by atoms with E-state index >= 15 is 0 Å². The van der Waals surface area contributed by atoms with Gasteiger partial charge in [0.1, 0.15) is 5.82 Å². The van der Waals surface area contributed by atoms with Crippen LogP contribution in [0.15, 0.2) is 6.07 Å². The van der Waals surface area contributed by atoms with Gasteiger partial charge in [-0.25, -0.2) is 0 Å². The number of hydrogen-bond acceptors (Lipinski definition) is 7. The molecule has 7 heteroatoms. The van der Waals surface area contributed by atoms with Crippen LogP contribution in [0.4, 0.5) is 5.82 Å². The average molecular weight is 308 g/mol. The minimum absolute atomic E-state index is 0.00467. The summed E-state index contributed by atoms with van der Waals surface area (Å²) in [5.74, 6) is 1.37. The Morgan fingerprint density at radius 1 is 1.14 bits per heavy atom. The van der Waals surface area contributed by atoms with E-state index in [1.54, 1.807) is 14.2 Å². The van der Waals surface area contributed by atoms with E-state index in [0.29, 0.717) is 11.9 Å². The molecule has 1 aromatic heterocycles. The van der Waals surface area contributed by atoms with Crippen molar-refractivity contribution in [2.45, 2.75) is 18.4 Å². The van der Waals surface area contributed by atoms with Crippen molar-refractivity contribution in [1.29, 1.82) is 0 Å². The third-order valence-corrected chi connectivity index (χ3v) is 4.50.